The number of hydrogen-bond acceptors (Lipinski definition) is 6. The number of carbonyl (C=O) groups excluding carboxylic acids is 1. The van der Waals surface area contributed by atoms with Crippen LogP contribution in [0.5, 0.6) is 11.5 Å². The summed E-state index contributed by atoms with van der Waals surface area (Å²) in [6, 6.07) is 19.0. The van der Waals surface area contributed by atoms with Gasteiger partial charge in [0.05, 0.1) is 23.9 Å². The van der Waals surface area contributed by atoms with E-state index in [9.17, 15) is 9.59 Å². The SMILES string of the molecule is CCOC(=O)c1cnn(-c2nc3ccn(Cc4cccc(Oc5ccccc5)c4)c3c(=O)[nH]2)c1. The van der Waals surface area contributed by atoms with Crippen LogP contribution < -0.4 is 10.3 Å². The molecule has 0 bridgehead atoms. The fourth-order valence-electron chi connectivity index (χ4n) is 3.63. The fourth-order valence-corrected chi connectivity index (χ4v) is 3.63. The normalized spacial score (nSPS) is 11.0. The van der Waals surface area contributed by atoms with E-state index < -0.39 is 5.97 Å². The molecule has 0 saturated carbocycles. The van der Waals surface area contributed by atoms with Gasteiger partial charge in [-0.1, -0.05) is 30.3 Å². The standard InChI is InChI=1S/C25H21N5O4/c1-2-33-24(32)18-14-26-30(16-18)25-27-21-11-12-29(22(21)23(31)28-25)15-17-7-6-10-20(13-17)34-19-8-4-3-5-9-19/h3-14,16H,2,15H2,1H3,(H,27,28,31). The molecule has 5 aromatic rings. The molecule has 5 rings (SSSR count). The maximum atomic E-state index is 12.9. The highest BCUT2D eigenvalue weighted by molar-refractivity contribution is 5.88. The number of rotatable bonds is 7. The van der Waals surface area contributed by atoms with Crippen molar-refractivity contribution >= 4 is 17.0 Å². The number of aromatic nitrogens is 5. The fraction of sp³-hybridized carbons (Fsp3) is 0.120. The van der Waals surface area contributed by atoms with E-state index in [0.29, 0.717) is 23.3 Å². The molecule has 0 amide bonds. The van der Waals surface area contributed by atoms with E-state index in [0.717, 1.165) is 11.3 Å². The summed E-state index contributed by atoms with van der Waals surface area (Å²) in [7, 11) is 0. The van der Waals surface area contributed by atoms with Crippen molar-refractivity contribution in [3.63, 3.8) is 0 Å². The molecule has 0 radical (unpaired) electrons. The van der Waals surface area contributed by atoms with Crippen molar-refractivity contribution < 1.29 is 14.3 Å². The first-order valence-corrected chi connectivity index (χ1v) is 10.7. The minimum absolute atomic E-state index is 0.212. The van der Waals surface area contributed by atoms with Crippen LogP contribution in [0.15, 0.2) is 84.0 Å². The Bertz CT molecular complexity index is 1520. The van der Waals surface area contributed by atoms with Crippen LogP contribution >= 0.6 is 0 Å². The summed E-state index contributed by atoms with van der Waals surface area (Å²) in [6.07, 6.45) is 4.66. The summed E-state index contributed by atoms with van der Waals surface area (Å²) in [5.74, 6) is 1.19. The first-order valence-electron chi connectivity index (χ1n) is 10.7. The lowest BCUT2D eigenvalue weighted by Gasteiger charge is -2.09. The van der Waals surface area contributed by atoms with E-state index in [2.05, 4.69) is 15.1 Å². The van der Waals surface area contributed by atoms with Gasteiger partial charge in [-0.25, -0.2) is 14.5 Å². The number of fused-ring (bicyclic) bond motifs is 1. The minimum atomic E-state index is -0.484. The van der Waals surface area contributed by atoms with Crippen molar-refractivity contribution in [1.82, 2.24) is 24.3 Å². The third kappa shape index (κ3) is 4.31. The summed E-state index contributed by atoms with van der Waals surface area (Å²) in [5.41, 5.74) is 1.90. The molecule has 3 heterocycles. The number of benzene rings is 2. The van der Waals surface area contributed by atoms with Gasteiger partial charge in [-0.05, 0) is 42.8 Å². The number of aromatic amines is 1. The van der Waals surface area contributed by atoms with Gasteiger partial charge in [0, 0.05) is 18.9 Å². The molecule has 0 spiro atoms. The number of H-pyrrole nitrogens is 1. The summed E-state index contributed by atoms with van der Waals surface area (Å²) in [5, 5.41) is 4.12. The Morgan fingerprint density at radius 3 is 2.71 bits per heavy atom. The molecule has 0 saturated heterocycles. The maximum absolute atomic E-state index is 12.9. The van der Waals surface area contributed by atoms with Gasteiger partial charge in [0.25, 0.3) is 5.56 Å². The van der Waals surface area contributed by atoms with Gasteiger partial charge in [0.1, 0.15) is 17.0 Å². The Labute approximate surface area is 194 Å². The van der Waals surface area contributed by atoms with Gasteiger partial charge in [0.15, 0.2) is 0 Å². The van der Waals surface area contributed by atoms with Crippen LogP contribution in [0.25, 0.3) is 17.0 Å². The summed E-state index contributed by atoms with van der Waals surface area (Å²) >= 11 is 0. The number of hydrogen-bond donors (Lipinski definition) is 1. The molecule has 9 nitrogen and oxygen atoms in total. The Hall–Kier alpha value is -4.66. The number of ether oxygens (including phenoxy) is 2. The molecule has 2 aromatic carbocycles. The third-order valence-electron chi connectivity index (χ3n) is 5.15. The lowest BCUT2D eigenvalue weighted by Crippen LogP contribution is -2.16. The smallest absolute Gasteiger partial charge is 0.341 e. The second-order valence-corrected chi connectivity index (χ2v) is 7.52. The molecule has 0 aliphatic carbocycles. The molecule has 0 unspecified atom stereocenters. The molecule has 34 heavy (non-hydrogen) atoms. The molecule has 0 aliphatic rings. The van der Waals surface area contributed by atoms with Gasteiger partial charge in [0.2, 0.25) is 5.95 Å². The van der Waals surface area contributed by atoms with Crippen molar-refractivity contribution in [3.05, 3.63) is 101 Å². The summed E-state index contributed by atoms with van der Waals surface area (Å²) in [6.45, 7) is 2.46. The molecular weight excluding hydrogens is 434 g/mol. The zero-order chi connectivity index (χ0) is 23.5. The summed E-state index contributed by atoms with van der Waals surface area (Å²) in [4.78, 5) is 32.1. The average Bonchev–Trinajstić information content (AvgIpc) is 3.48. The third-order valence-corrected chi connectivity index (χ3v) is 5.15. The van der Waals surface area contributed by atoms with E-state index in [1.54, 1.807) is 13.0 Å². The minimum Gasteiger partial charge on any atom is -0.462 e. The van der Waals surface area contributed by atoms with E-state index in [4.69, 9.17) is 9.47 Å². The van der Waals surface area contributed by atoms with Crippen LogP contribution in [0.1, 0.15) is 22.8 Å². The zero-order valence-electron chi connectivity index (χ0n) is 18.3. The monoisotopic (exact) mass is 455 g/mol. The molecule has 1 N–H and O–H groups in total. The second-order valence-electron chi connectivity index (χ2n) is 7.52. The van der Waals surface area contributed by atoms with Gasteiger partial charge < -0.3 is 14.0 Å². The molecule has 0 fully saturated rings. The lowest BCUT2D eigenvalue weighted by atomic mass is 10.2. The lowest BCUT2D eigenvalue weighted by molar-refractivity contribution is 0.0526. The second kappa shape index (κ2) is 9.07. The van der Waals surface area contributed by atoms with Crippen LogP contribution in [0.3, 0.4) is 0 Å². The highest BCUT2D eigenvalue weighted by Crippen LogP contribution is 2.23. The van der Waals surface area contributed by atoms with Gasteiger partial charge in [-0.15, -0.1) is 0 Å². The first kappa shape index (κ1) is 21.2. The van der Waals surface area contributed by atoms with E-state index in [1.807, 2.05) is 65.4 Å². The van der Waals surface area contributed by atoms with Crippen LogP contribution in [0.4, 0.5) is 0 Å². The van der Waals surface area contributed by atoms with Crippen molar-refractivity contribution in [3.8, 4) is 17.4 Å². The topological polar surface area (TPSA) is 104 Å². The predicted octanol–water partition coefficient (Wildman–Crippen LogP) is 3.93. The highest BCUT2D eigenvalue weighted by atomic mass is 16.5. The zero-order valence-corrected chi connectivity index (χ0v) is 18.3. The molecule has 0 atom stereocenters. The average molecular weight is 455 g/mol. The number of nitrogens with zero attached hydrogens (tertiary/aromatic N) is 4. The Morgan fingerprint density at radius 2 is 1.88 bits per heavy atom. The van der Waals surface area contributed by atoms with Crippen LogP contribution in [0.2, 0.25) is 0 Å². The Kier molecular flexibility index (Phi) is 5.65. The molecule has 0 aliphatic heterocycles. The molecule has 9 heteroatoms. The van der Waals surface area contributed by atoms with Gasteiger partial charge >= 0.3 is 5.97 Å². The Balaban J connectivity index is 1.40. The molecule has 170 valence electrons. The van der Waals surface area contributed by atoms with E-state index in [1.165, 1.54) is 17.1 Å². The van der Waals surface area contributed by atoms with Crippen LogP contribution in [-0.2, 0) is 11.3 Å². The van der Waals surface area contributed by atoms with Crippen molar-refractivity contribution in [2.24, 2.45) is 0 Å². The Morgan fingerprint density at radius 1 is 1.06 bits per heavy atom. The van der Waals surface area contributed by atoms with Gasteiger partial charge in [-0.3, -0.25) is 9.78 Å². The number of carbonyl (C=O) groups is 1. The van der Waals surface area contributed by atoms with E-state index >= 15 is 0 Å². The molecule has 3 aromatic heterocycles. The largest absolute Gasteiger partial charge is 0.462 e. The van der Waals surface area contributed by atoms with Crippen molar-refractivity contribution in [2.45, 2.75) is 13.5 Å². The quantitative estimate of drug-likeness (QED) is 0.373. The molecular formula is C25H21N5O4. The maximum Gasteiger partial charge on any atom is 0.341 e. The van der Waals surface area contributed by atoms with Crippen molar-refractivity contribution in [1.29, 1.82) is 0 Å². The van der Waals surface area contributed by atoms with Crippen LogP contribution in [-0.4, -0.2) is 36.9 Å². The van der Waals surface area contributed by atoms with Gasteiger partial charge in [-0.2, -0.15) is 5.10 Å². The predicted molar refractivity (Wildman–Crippen MR) is 125 cm³/mol. The number of esters is 1. The summed E-state index contributed by atoms with van der Waals surface area (Å²) < 4.78 is 14.1. The number of para-hydroxylation sites is 1. The van der Waals surface area contributed by atoms with Crippen molar-refractivity contribution in [2.75, 3.05) is 6.61 Å². The first-order chi connectivity index (χ1) is 16.6. The highest BCUT2D eigenvalue weighted by Gasteiger charge is 2.14. The van der Waals surface area contributed by atoms with E-state index in [-0.39, 0.29) is 23.7 Å². The number of nitrogens with one attached hydrogen (secondary N) is 1. The van der Waals surface area contributed by atoms with Crippen LogP contribution in [0, 0.1) is 0 Å².